The van der Waals surface area contributed by atoms with Gasteiger partial charge in [-0.15, -0.1) is 0 Å². The quantitative estimate of drug-likeness (QED) is 0.862. The third-order valence-corrected chi connectivity index (χ3v) is 3.80. The number of aliphatic hydroxyl groups is 1. The third kappa shape index (κ3) is 3.47. The summed E-state index contributed by atoms with van der Waals surface area (Å²) in [5, 5.41) is 13.1. The van der Waals surface area contributed by atoms with Crippen LogP contribution < -0.4 is 10.1 Å². The molecule has 0 aliphatic heterocycles. The van der Waals surface area contributed by atoms with Gasteiger partial charge in [0.05, 0.1) is 13.2 Å². The summed E-state index contributed by atoms with van der Waals surface area (Å²) < 4.78 is 5.16. The number of methoxy groups -OCH3 is 1. The Morgan fingerprint density at radius 1 is 1.17 bits per heavy atom. The SMILES string of the molecule is COc1ccc([C@@H](C)NC2CCC(O)CC2)cc1. The van der Waals surface area contributed by atoms with E-state index in [1.165, 1.54) is 5.56 Å². The second kappa shape index (κ2) is 6.21. The van der Waals surface area contributed by atoms with Gasteiger partial charge in [0.15, 0.2) is 0 Å². The first-order chi connectivity index (χ1) is 8.69. The van der Waals surface area contributed by atoms with Gasteiger partial charge in [-0.1, -0.05) is 12.1 Å². The molecular formula is C15H23NO2. The van der Waals surface area contributed by atoms with E-state index in [1.807, 2.05) is 12.1 Å². The van der Waals surface area contributed by atoms with Gasteiger partial charge in [-0.3, -0.25) is 0 Å². The molecule has 0 heterocycles. The van der Waals surface area contributed by atoms with Crippen molar-refractivity contribution < 1.29 is 9.84 Å². The Hall–Kier alpha value is -1.06. The molecule has 1 saturated carbocycles. The molecule has 0 amide bonds. The molecule has 3 heteroatoms. The summed E-state index contributed by atoms with van der Waals surface area (Å²) in [4.78, 5) is 0. The number of rotatable bonds is 4. The van der Waals surface area contributed by atoms with E-state index >= 15 is 0 Å². The summed E-state index contributed by atoms with van der Waals surface area (Å²) in [7, 11) is 1.68. The van der Waals surface area contributed by atoms with Crippen molar-refractivity contribution in [1.82, 2.24) is 5.32 Å². The summed E-state index contributed by atoms with van der Waals surface area (Å²) in [5.74, 6) is 0.895. The standard InChI is InChI=1S/C15H23NO2/c1-11(12-3-9-15(18-2)10-4-12)16-13-5-7-14(17)8-6-13/h3-4,9-11,13-14,16-17H,5-8H2,1-2H3/t11-,13?,14?/m1/s1. The van der Waals surface area contributed by atoms with Gasteiger partial charge in [0.1, 0.15) is 5.75 Å². The largest absolute Gasteiger partial charge is 0.497 e. The van der Waals surface area contributed by atoms with Gasteiger partial charge in [0.25, 0.3) is 0 Å². The van der Waals surface area contributed by atoms with Crippen molar-refractivity contribution in [1.29, 1.82) is 0 Å². The predicted octanol–water partition coefficient (Wildman–Crippen LogP) is 2.65. The third-order valence-electron chi connectivity index (χ3n) is 3.80. The Morgan fingerprint density at radius 3 is 2.33 bits per heavy atom. The lowest BCUT2D eigenvalue weighted by Gasteiger charge is -2.29. The monoisotopic (exact) mass is 249 g/mol. The van der Waals surface area contributed by atoms with Gasteiger partial charge in [-0.25, -0.2) is 0 Å². The predicted molar refractivity (Wildman–Crippen MR) is 72.8 cm³/mol. The van der Waals surface area contributed by atoms with Crippen molar-refractivity contribution >= 4 is 0 Å². The molecule has 1 aliphatic carbocycles. The van der Waals surface area contributed by atoms with Crippen molar-refractivity contribution in [3.63, 3.8) is 0 Å². The van der Waals surface area contributed by atoms with Crippen molar-refractivity contribution in [2.75, 3.05) is 7.11 Å². The van der Waals surface area contributed by atoms with E-state index in [0.717, 1.165) is 31.4 Å². The molecule has 0 aromatic heterocycles. The lowest BCUT2D eigenvalue weighted by molar-refractivity contribution is 0.114. The number of ether oxygens (including phenoxy) is 1. The molecule has 3 nitrogen and oxygen atoms in total. The van der Waals surface area contributed by atoms with Gasteiger partial charge in [-0.2, -0.15) is 0 Å². The molecule has 0 unspecified atom stereocenters. The maximum absolute atomic E-state index is 9.49. The molecule has 1 atom stereocenters. The Kier molecular flexibility index (Phi) is 4.61. The first-order valence-electron chi connectivity index (χ1n) is 6.77. The number of hydrogen-bond donors (Lipinski definition) is 2. The van der Waals surface area contributed by atoms with E-state index in [-0.39, 0.29) is 6.10 Å². The number of hydrogen-bond acceptors (Lipinski definition) is 3. The molecule has 100 valence electrons. The number of benzene rings is 1. The zero-order chi connectivity index (χ0) is 13.0. The van der Waals surface area contributed by atoms with Crippen LogP contribution in [0.25, 0.3) is 0 Å². The van der Waals surface area contributed by atoms with Gasteiger partial charge >= 0.3 is 0 Å². The Balaban J connectivity index is 1.88. The minimum absolute atomic E-state index is 0.0839. The highest BCUT2D eigenvalue weighted by atomic mass is 16.5. The van der Waals surface area contributed by atoms with Gasteiger partial charge in [-0.05, 0) is 50.3 Å². The van der Waals surface area contributed by atoms with Crippen LogP contribution in [0.5, 0.6) is 5.75 Å². The van der Waals surface area contributed by atoms with E-state index in [9.17, 15) is 5.11 Å². The molecule has 2 N–H and O–H groups in total. The van der Waals surface area contributed by atoms with Crippen LogP contribution in [-0.2, 0) is 0 Å². The molecule has 18 heavy (non-hydrogen) atoms. The van der Waals surface area contributed by atoms with Gasteiger partial charge in [0.2, 0.25) is 0 Å². The molecule has 0 spiro atoms. The molecule has 1 aromatic rings. The normalized spacial score (nSPS) is 25.7. The van der Waals surface area contributed by atoms with Gasteiger partial charge in [0, 0.05) is 12.1 Å². The highest BCUT2D eigenvalue weighted by Crippen LogP contribution is 2.23. The topological polar surface area (TPSA) is 41.5 Å². The molecule has 1 aliphatic rings. The van der Waals surface area contributed by atoms with Crippen LogP contribution >= 0.6 is 0 Å². The second-order valence-electron chi connectivity index (χ2n) is 5.17. The molecular weight excluding hydrogens is 226 g/mol. The summed E-state index contributed by atoms with van der Waals surface area (Å²) in [6, 6.07) is 9.08. The molecule has 2 rings (SSSR count). The average Bonchev–Trinajstić information content (AvgIpc) is 2.41. The maximum atomic E-state index is 9.49. The lowest BCUT2D eigenvalue weighted by atomic mass is 9.92. The second-order valence-corrected chi connectivity index (χ2v) is 5.17. The summed E-state index contributed by atoms with van der Waals surface area (Å²) in [5.41, 5.74) is 1.28. The molecule has 0 bridgehead atoms. The van der Waals surface area contributed by atoms with E-state index in [1.54, 1.807) is 7.11 Å². The van der Waals surface area contributed by atoms with Crippen molar-refractivity contribution in [2.24, 2.45) is 0 Å². The highest BCUT2D eigenvalue weighted by Gasteiger charge is 2.20. The van der Waals surface area contributed by atoms with Crippen LogP contribution in [0.4, 0.5) is 0 Å². The van der Waals surface area contributed by atoms with Crippen LogP contribution in [0, 0.1) is 0 Å². The van der Waals surface area contributed by atoms with E-state index < -0.39 is 0 Å². The minimum Gasteiger partial charge on any atom is -0.497 e. The summed E-state index contributed by atoms with van der Waals surface area (Å²) in [6.45, 7) is 2.19. The van der Waals surface area contributed by atoms with Crippen LogP contribution in [0.2, 0.25) is 0 Å². The van der Waals surface area contributed by atoms with Crippen LogP contribution in [0.1, 0.15) is 44.2 Å². The van der Waals surface area contributed by atoms with Crippen LogP contribution in [0.3, 0.4) is 0 Å². The van der Waals surface area contributed by atoms with Crippen molar-refractivity contribution in [3.05, 3.63) is 29.8 Å². The number of nitrogens with one attached hydrogen (secondary N) is 1. The van der Waals surface area contributed by atoms with E-state index in [4.69, 9.17) is 4.74 Å². The van der Waals surface area contributed by atoms with Crippen molar-refractivity contribution in [3.8, 4) is 5.75 Å². The molecule has 1 aromatic carbocycles. The molecule has 1 fully saturated rings. The average molecular weight is 249 g/mol. The Morgan fingerprint density at radius 2 is 1.78 bits per heavy atom. The zero-order valence-electron chi connectivity index (χ0n) is 11.2. The minimum atomic E-state index is -0.0839. The van der Waals surface area contributed by atoms with Gasteiger partial charge < -0.3 is 15.2 Å². The Bertz CT molecular complexity index is 355. The Labute approximate surface area is 109 Å². The fourth-order valence-electron chi connectivity index (χ4n) is 2.58. The highest BCUT2D eigenvalue weighted by molar-refractivity contribution is 5.28. The first-order valence-corrected chi connectivity index (χ1v) is 6.77. The zero-order valence-corrected chi connectivity index (χ0v) is 11.2. The first kappa shape index (κ1) is 13.4. The molecule has 0 radical (unpaired) electrons. The molecule has 0 saturated heterocycles. The lowest BCUT2D eigenvalue weighted by Crippen LogP contribution is -2.36. The fraction of sp³-hybridized carbons (Fsp3) is 0.600. The summed E-state index contributed by atoms with van der Waals surface area (Å²) in [6.07, 6.45) is 3.91. The summed E-state index contributed by atoms with van der Waals surface area (Å²) >= 11 is 0. The smallest absolute Gasteiger partial charge is 0.118 e. The van der Waals surface area contributed by atoms with Crippen molar-refractivity contribution in [2.45, 2.75) is 50.8 Å². The van der Waals surface area contributed by atoms with E-state index in [2.05, 4.69) is 24.4 Å². The fourth-order valence-corrected chi connectivity index (χ4v) is 2.58. The van der Waals surface area contributed by atoms with Crippen LogP contribution in [0.15, 0.2) is 24.3 Å². The van der Waals surface area contributed by atoms with E-state index in [0.29, 0.717) is 12.1 Å². The maximum Gasteiger partial charge on any atom is 0.118 e. The number of aliphatic hydroxyl groups excluding tert-OH is 1. The van der Waals surface area contributed by atoms with Crippen LogP contribution in [-0.4, -0.2) is 24.4 Å².